The van der Waals surface area contributed by atoms with Gasteiger partial charge in [-0.1, -0.05) is 28.1 Å². The number of aliphatic hydroxyl groups excluding tert-OH is 1. The molecule has 108 valence electrons. The minimum Gasteiger partial charge on any atom is -0.392 e. The van der Waals surface area contributed by atoms with Crippen molar-refractivity contribution in [2.75, 3.05) is 0 Å². The highest BCUT2D eigenvalue weighted by atomic mass is 79.9. The minimum atomic E-state index is -3.75. The Morgan fingerprint density at radius 3 is 2.60 bits per heavy atom. The summed E-state index contributed by atoms with van der Waals surface area (Å²) in [6.07, 6.45) is 0. The highest BCUT2D eigenvalue weighted by molar-refractivity contribution is 9.10. The fourth-order valence-electron chi connectivity index (χ4n) is 1.69. The third kappa shape index (κ3) is 3.26. The first-order valence-corrected chi connectivity index (χ1v) is 8.10. The van der Waals surface area contributed by atoms with Gasteiger partial charge < -0.3 is 5.11 Å². The molecule has 0 unspecified atom stereocenters. The average Bonchev–Trinajstić information content (AvgIpc) is 2.80. The number of H-pyrrole nitrogens is 1. The molecule has 0 aliphatic rings. The minimum absolute atomic E-state index is 0.158. The number of aromatic nitrogens is 2. The Morgan fingerprint density at radius 1 is 1.35 bits per heavy atom. The van der Waals surface area contributed by atoms with Crippen molar-refractivity contribution < 1.29 is 13.5 Å². The van der Waals surface area contributed by atoms with E-state index in [0.29, 0.717) is 5.69 Å². The molecule has 0 aliphatic heterocycles. The molecule has 0 spiro atoms. The maximum atomic E-state index is 12.2. The van der Waals surface area contributed by atoms with Gasteiger partial charge in [0.1, 0.15) is 0 Å². The molecule has 0 saturated heterocycles. The molecule has 0 bridgehead atoms. The average molecular weight is 360 g/mol. The second-order valence-electron chi connectivity index (χ2n) is 4.24. The first-order valence-electron chi connectivity index (χ1n) is 5.83. The summed E-state index contributed by atoms with van der Waals surface area (Å²) >= 11 is 3.31. The molecule has 0 radical (unpaired) electrons. The zero-order chi connectivity index (χ0) is 14.8. The van der Waals surface area contributed by atoms with E-state index < -0.39 is 10.0 Å². The number of hydrogen-bond acceptors (Lipinski definition) is 4. The van der Waals surface area contributed by atoms with Crippen LogP contribution in [0.25, 0.3) is 0 Å². The number of aromatic amines is 1. The molecule has 1 heterocycles. The summed E-state index contributed by atoms with van der Waals surface area (Å²) in [4.78, 5) is 0. The Morgan fingerprint density at radius 2 is 2.00 bits per heavy atom. The van der Waals surface area contributed by atoms with Crippen molar-refractivity contribution in [1.29, 1.82) is 0 Å². The maximum absolute atomic E-state index is 12.2. The standard InChI is InChI=1S/C12H14BrN3O3S/c1-8-11(7-17)12(16-15-8)20(18,19)14-6-9-2-4-10(13)5-3-9/h2-5,14,17H,6-7H2,1H3,(H,15,16). The molecule has 6 nitrogen and oxygen atoms in total. The van der Waals surface area contributed by atoms with Crippen LogP contribution in [0, 0.1) is 6.92 Å². The highest BCUT2D eigenvalue weighted by Gasteiger charge is 2.22. The molecular weight excluding hydrogens is 346 g/mol. The van der Waals surface area contributed by atoms with Crippen LogP contribution in [0.5, 0.6) is 0 Å². The van der Waals surface area contributed by atoms with Crippen molar-refractivity contribution >= 4 is 26.0 Å². The number of sulfonamides is 1. The van der Waals surface area contributed by atoms with E-state index in [1.807, 2.05) is 24.3 Å². The first-order chi connectivity index (χ1) is 9.44. The van der Waals surface area contributed by atoms with E-state index in [1.165, 1.54) is 0 Å². The van der Waals surface area contributed by atoms with Gasteiger partial charge >= 0.3 is 0 Å². The van der Waals surface area contributed by atoms with E-state index in [4.69, 9.17) is 0 Å². The predicted molar refractivity (Wildman–Crippen MR) is 77.4 cm³/mol. The Labute approximate surface area is 125 Å². The molecule has 1 aromatic heterocycles. The molecule has 3 N–H and O–H groups in total. The van der Waals surface area contributed by atoms with Crippen LogP contribution < -0.4 is 4.72 Å². The number of nitrogens with zero attached hydrogens (tertiary/aromatic N) is 1. The van der Waals surface area contributed by atoms with Gasteiger partial charge in [0.15, 0.2) is 5.03 Å². The van der Waals surface area contributed by atoms with Crippen LogP contribution in [0.4, 0.5) is 0 Å². The topological polar surface area (TPSA) is 95.1 Å². The van der Waals surface area contributed by atoms with Gasteiger partial charge in [0.2, 0.25) is 0 Å². The van der Waals surface area contributed by atoms with Crippen molar-refractivity contribution in [2.24, 2.45) is 0 Å². The lowest BCUT2D eigenvalue weighted by Crippen LogP contribution is -2.24. The monoisotopic (exact) mass is 359 g/mol. The van der Waals surface area contributed by atoms with E-state index in [-0.39, 0.29) is 23.7 Å². The zero-order valence-corrected chi connectivity index (χ0v) is 13.1. The third-order valence-electron chi connectivity index (χ3n) is 2.83. The van der Waals surface area contributed by atoms with Gasteiger partial charge in [0.25, 0.3) is 10.0 Å². The van der Waals surface area contributed by atoms with Crippen molar-refractivity contribution in [3.8, 4) is 0 Å². The van der Waals surface area contributed by atoms with Crippen LogP contribution in [-0.2, 0) is 23.2 Å². The number of hydrogen-bond donors (Lipinski definition) is 3. The molecule has 0 amide bonds. The van der Waals surface area contributed by atoms with Crippen molar-refractivity contribution in [3.05, 3.63) is 45.6 Å². The van der Waals surface area contributed by atoms with E-state index in [0.717, 1.165) is 10.0 Å². The quantitative estimate of drug-likeness (QED) is 0.752. The predicted octanol–water partition coefficient (Wildman–Crippen LogP) is 1.45. The number of halogens is 1. The van der Waals surface area contributed by atoms with E-state index in [1.54, 1.807) is 6.92 Å². The summed E-state index contributed by atoms with van der Waals surface area (Å²) in [7, 11) is -3.75. The third-order valence-corrected chi connectivity index (χ3v) is 4.73. The number of aliphatic hydroxyl groups is 1. The van der Waals surface area contributed by atoms with E-state index in [2.05, 4.69) is 30.8 Å². The van der Waals surface area contributed by atoms with Gasteiger partial charge in [-0.25, -0.2) is 13.1 Å². The Kier molecular flexibility index (Phi) is 4.59. The molecule has 0 atom stereocenters. The van der Waals surface area contributed by atoms with Crippen molar-refractivity contribution in [1.82, 2.24) is 14.9 Å². The Balaban J connectivity index is 2.17. The van der Waals surface area contributed by atoms with E-state index in [9.17, 15) is 13.5 Å². The van der Waals surface area contributed by atoms with E-state index >= 15 is 0 Å². The highest BCUT2D eigenvalue weighted by Crippen LogP contribution is 2.16. The van der Waals surface area contributed by atoms with Crippen molar-refractivity contribution in [2.45, 2.75) is 25.1 Å². The van der Waals surface area contributed by atoms with Crippen molar-refractivity contribution in [3.63, 3.8) is 0 Å². The second kappa shape index (κ2) is 6.04. The first kappa shape index (κ1) is 15.2. The lowest BCUT2D eigenvalue weighted by Gasteiger charge is -2.06. The number of benzene rings is 1. The van der Waals surface area contributed by atoms with Crippen LogP contribution in [-0.4, -0.2) is 23.7 Å². The van der Waals surface area contributed by atoms with Crippen LogP contribution >= 0.6 is 15.9 Å². The molecule has 2 rings (SSSR count). The zero-order valence-electron chi connectivity index (χ0n) is 10.7. The molecule has 8 heteroatoms. The van der Waals surface area contributed by atoms with Gasteiger partial charge in [-0.3, -0.25) is 5.10 Å². The van der Waals surface area contributed by atoms with Gasteiger partial charge in [-0.2, -0.15) is 5.10 Å². The summed E-state index contributed by atoms with van der Waals surface area (Å²) in [5.41, 5.74) is 1.65. The van der Waals surface area contributed by atoms with Gasteiger partial charge in [0, 0.05) is 22.3 Å². The maximum Gasteiger partial charge on any atom is 0.260 e. The molecular formula is C12H14BrN3O3S. The fourth-order valence-corrected chi connectivity index (χ4v) is 3.15. The van der Waals surface area contributed by atoms with Crippen LogP contribution in [0.15, 0.2) is 33.8 Å². The largest absolute Gasteiger partial charge is 0.392 e. The number of rotatable bonds is 5. The molecule has 0 saturated carbocycles. The van der Waals surface area contributed by atoms with Gasteiger partial charge in [-0.05, 0) is 24.6 Å². The van der Waals surface area contributed by atoms with Crippen LogP contribution in [0.1, 0.15) is 16.8 Å². The van der Waals surface area contributed by atoms with Crippen LogP contribution in [0.3, 0.4) is 0 Å². The molecule has 0 aliphatic carbocycles. The van der Waals surface area contributed by atoms with Crippen LogP contribution in [0.2, 0.25) is 0 Å². The summed E-state index contributed by atoms with van der Waals surface area (Å²) in [6.45, 7) is 1.44. The molecule has 20 heavy (non-hydrogen) atoms. The lowest BCUT2D eigenvalue weighted by molar-refractivity contribution is 0.277. The number of aryl methyl sites for hydroxylation is 1. The second-order valence-corrected chi connectivity index (χ2v) is 6.84. The lowest BCUT2D eigenvalue weighted by atomic mass is 10.2. The Bertz CT molecular complexity index is 695. The van der Waals surface area contributed by atoms with Gasteiger partial charge in [-0.15, -0.1) is 0 Å². The summed E-state index contributed by atoms with van der Waals surface area (Å²) in [6, 6.07) is 7.30. The SMILES string of the molecule is Cc1[nH]nc(S(=O)(=O)NCc2ccc(Br)cc2)c1CO. The Hall–Kier alpha value is -1.22. The summed E-state index contributed by atoms with van der Waals surface area (Å²) < 4.78 is 27.7. The summed E-state index contributed by atoms with van der Waals surface area (Å²) in [5.74, 6) is 0. The fraction of sp³-hybridized carbons (Fsp3) is 0.250. The molecule has 0 fully saturated rings. The normalized spacial score (nSPS) is 11.8. The summed E-state index contributed by atoms with van der Waals surface area (Å²) in [5, 5.41) is 15.4. The number of nitrogens with one attached hydrogen (secondary N) is 2. The smallest absolute Gasteiger partial charge is 0.260 e. The molecule has 1 aromatic carbocycles. The molecule has 2 aromatic rings. The van der Waals surface area contributed by atoms with Gasteiger partial charge in [0.05, 0.1) is 6.61 Å².